The second-order valence-electron chi connectivity index (χ2n) is 6.00. The van der Waals surface area contributed by atoms with Crippen molar-refractivity contribution in [2.24, 2.45) is 0 Å². The molecule has 0 unspecified atom stereocenters. The lowest BCUT2D eigenvalue weighted by Gasteiger charge is -2.16. The molecule has 0 saturated heterocycles. The van der Waals surface area contributed by atoms with Crippen LogP contribution in [0.5, 0.6) is 11.5 Å². The molecule has 6 heteroatoms. The van der Waals surface area contributed by atoms with Gasteiger partial charge < -0.3 is 14.4 Å². The molecule has 2 rings (SSSR count). The van der Waals surface area contributed by atoms with Gasteiger partial charge in [-0.1, -0.05) is 36.7 Å². The summed E-state index contributed by atoms with van der Waals surface area (Å²) >= 11 is 6.28. The second kappa shape index (κ2) is 9.97. The Bertz CT molecular complexity index is 823. The molecule has 0 saturated carbocycles. The molecule has 0 atom stereocenters. The van der Waals surface area contributed by atoms with Gasteiger partial charge in [0.1, 0.15) is 5.82 Å². The number of methoxy groups -OCH3 is 1. The maximum absolute atomic E-state index is 13.7. The number of carbonyl (C=O) groups is 1. The molecule has 0 bridgehead atoms. The number of hydrogen-bond donors (Lipinski definition) is 0. The molecule has 2 aromatic rings. The summed E-state index contributed by atoms with van der Waals surface area (Å²) in [6.45, 7) is 2.72. The quantitative estimate of drug-likeness (QED) is 0.598. The van der Waals surface area contributed by atoms with E-state index in [1.54, 1.807) is 43.5 Å². The van der Waals surface area contributed by atoms with Crippen LogP contribution in [0, 0.1) is 5.82 Å². The summed E-state index contributed by atoms with van der Waals surface area (Å²) in [5.41, 5.74) is 1.16. The van der Waals surface area contributed by atoms with Crippen LogP contribution in [0.2, 0.25) is 5.02 Å². The van der Waals surface area contributed by atoms with Gasteiger partial charge in [-0.15, -0.1) is 0 Å². The van der Waals surface area contributed by atoms with Crippen molar-refractivity contribution < 1.29 is 18.7 Å². The fourth-order valence-electron chi connectivity index (χ4n) is 2.44. The lowest BCUT2D eigenvalue weighted by molar-refractivity contribution is -0.125. The van der Waals surface area contributed by atoms with E-state index in [9.17, 15) is 9.18 Å². The molecule has 2 aromatic carbocycles. The van der Waals surface area contributed by atoms with Crippen LogP contribution in [-0.4, -0.2) is 31.6 Å². The van der Waals surface area contributed by atoms with E-state index in [-0.39, 0.29) is 18.3 Å². The van der Waals surface area contributed by atoms with Crippen molar-refractivity contribution in [3.05, 3.63) is 64.4 Å². The van der Waals surface area contributed by atoms with Gasteiger partial charge in [-0.2, -0.15) is 0 Å². The Morgan fingerprint density at radius 1 is 1.30 bits per heavy atom. The molecular formula is C21H23ClFNO3. The van der Waals surface area contributed by atoms with E-state index in [4.69, 9.17) is 21.1 Å². The maximum Gasteiger partial charge on any atom is 0.246 e. The molecule has 0 radical (unpaired) electrons. The fourth-order valence-corrected chi connectivity index (χ4v) is 2.71. The molecule has 0 aliphatic carbocycles. The van der Waals surface area contributed by atoms with Crippen LogP contribution < -0.4 is 9.47 Å². The van der Waals surface area contributed by atoms with Crippen LogP contribution in [0.4, 0.5) is 4.39 Å². The van der Waals surface area contributed by atoms with Gasteiger partial charge in [-0.3, -0.25) is 4.79 Å². The maximum atomic E-state index is 13.7. The van der Waals surface area contributed by atoms with Crippen LogP contribution >= 0.6 is 11.6 Å². The molecule has 0 fully saturated rings. The lowest BCUT2D eigenvalue weighted by atomic mass is 10.1. The highest BCUT2D eigenvalue weighted by Crippen LogP contribution is 2.36. The number of amides is 1. The molecular weight excluding hydrogens is 369 g/mol. The van der Waals surface area contributed by atoms with Gasteiger partial charge in [0.15, 0.2) is 11.5 Å². The number of hydrogen-bond acceptors (Lipinski definition) is 3. The van der Waals surface area contributed by atoms with Crippen molar-refractivity contribution in [2.45, 2.75) is 19.9 Å². The molecule has 1 amide bonds. The summed E-state index contributed by atoms with van der Waals surface area (Å²) in [7, 11) is 3.15. The first-order chi connectivity index (χ1) is 13.0. The number of rotatable bonds is 8. The third kappa shape index (κ3) is 5.73. The standard InChI is InChI=1S/C21H23ClFNO3/c1-4-11-27-21-17(22)12-15(13-19(21)26-3)9-10-20(25)24(2)14-16-7-5-6-8-18(16)23/h5-10,12-13H,4,11,14H2,1-3H3/b10-9+. The molecule has 0 aliphatic heterocycles. The Hall–Kier alpha value is -2.53. The summed E-state index contributed by atoms with van der Waals surface area (Å²) < 4.78 is 24.7. The average molecular weight is 392 g/mol. The van der Waals surface area contributed by atoms with E-state index in [0.717, 1.165) is 6.42 Å². The first-order valence-corrected chi connectivity index (χ1v) is 9.01. The minimum absolute atomic E-state index is 0.184. The summed E-state index contributed by atoms with van der Waals surface area (Å²) in [5.74, 6) is 0.406. The summed E-state index contributed by atoms with van der Waals surface area (Å²) in [6, 6.07) is 9.84. The molecule has 4 nitrogen and oxygen atoms in total. The van der Waals surface area contributed by atoms with Gasteiger partial charge in [0.25, 0.3) is 0 Å². The zero-order chi connectivity index (χ0) is 19.8. The number of halogens is 2. The molecule has 0 spiro atoms. The van der Waals surface area contributed by atoms with E-state index in [1.807, 2.05) is 6.92 Å². The van der Waals surface area contributed by atoms with Crippen molar-refractivity contribution in [2.75, 3.05) is 20.8 Å². The highest BCUT2D eigenvalue weighted by atomic mass is 35.5. The van der Waals surface area contributed by atoms with E-state index in [1.165, 1.54) is 24.2 Å². The van der Waals surface area contributed by atoms with Crippen LogP contribution in [0.1, 0.15) is 24.5 Å². The van der Waals surface area contributed by atoms with Crippen LogP contribution in [-0.2, 0) is 11.3 Å². The molecule has 0 aromatic heterocycles. The fraction of sp³-hybridized carbons (Fsp3) is 0.286. The van der Waals surface area contributed by atoms with Crippen molar-refractivity contribution in [3.63, 3.8) is 0 Å². The lowest BCUT2D eigenvalue weighted by Crippen LogP contribution is -2.24. The van der Waals surface area contributed by atoms with Gasteiger partial charge in [-0.05, 0) is 36.3 Å². The number of ether oxygens (including phenoxy) is 2. The van der Waals surface area contributed by atoms with Gasteiger partial charge >= 0.3 is 0 Å². The molecule has 27 heavy (non-hydrogen) atoms. The van der Waals surface area contributed by atoms with Gasteiger partial charge in [-0.25, -0.2) is 4.39 Å². The SMILES string of the molecule is CCCOc1c(Cl)cc(/C=C/C(=O)N(C)Cc2ccccc2F)cc1OC. The van der Waals surface area contributed by atoms with E-state index in [2.05, 4.69) is 0 Å². The zero-order valence-electron chi connectivity index (χ0n) is 15.7. The predicted octanol–water partition coefficient (Wildman–Crippen LogP) is 4.95. The van der Waals surface area contributed by atoms with Crippen LogP contribution in [0.25, 0.3) is 6.08 Å². The number of benzene rings is 2. The van der Waals surface area contributed by atoms with E-state index < -0.39 is 0 Å². The summed E-state index contributed by atoms with van der Waals surface area (Å²) in [6.07, 6.45) is 3.90. The van der Waals surface area contributed by atoms with Crippen molar-refractivity contribution in [3.8, 4) is 11.5 Å². The first-order valence-electron chi connectivity index (χ1n) is 8.63. The largest absolute Gasteiger partial charge is 0.493 e. The third-order valence-corrected chi connectivity index (χ3v) is 4.14. The summed E-state index contributed by atoms with van der Waals surface area (Å²) in [4.78, 5) is 13.7. The van der Waals surface area contributed by atoms with Gasteiger partial charge in [0.05, 0.1) is 18.7 Å². The smallest absolute Gasteiger partial charge is 0.246 e. The highest BCUT2D eigenvalue weighted by Gasteiger charge is 2.12. The Labute approximate surface area is 164 Å². The van der Waals surface area contributed by atoms with Crippen molar-refractivity contribution in [1.82, 2.24) is 4.90 Å². The highest BCUT2D eigenvalue weighted by molar-refractivity contribution is 6.32. The zero-order valence-corrected chi connectivity index (χ0v) is 16.4. The molecule has 0 N–H and O–H groups in total. The Balaban J connectivity index is 2.11. The third-order valence-electron chi connectivity index (χ3n) is 3.86. The minimum Gasteiger partial charge on any atom is -0.493 e. The normalized spacial score (nSPS) is 10.9. The second-order valence-corrected chi connectivity index (χ2v) is 6.41. The molecule has 0 aliphatic rings. The molecule has 0 heterocycles. The average Bonchev–Trinajstić information content (AvgIpc) is 2.66. The van der Waals surface area contributed by atoms with Crippen molar-refractivity contribution >= 4 is 23.6 Å². The van der Waals surface area contributed by atoms with E-state index in [0.29, 0.717) is 34.3 Å². The minimum atomic E-state index is -0.333. The molecule has 144 valence electrons. The monoisotopic (exact) mass is 391 g/mol. The van der Waals surface area contributed by atoms with Crippen LogP contribution in [0.3, 0.4) is 0 Å². The number of nitrogens with zero attached hydrogens (tertiary/aromatic N) is 1. The number of likely N-dealkylation sites (N-methyl/N-ethyl adjacent to an activating group) is 1. The Morgan fingerprint density at radius 2 is 2.04 bits per heavy atom. The Kier molecular flexibility index (Phi) is 7.67. The topological polar surface area (TPSA) is 38.8 Å². The first kappa shape index (κ1) is 20.8. The van der Waals surface area contributed by atoms with Gasteiger partial charge in [0, 0.05) is 25.2 Å². The summed E-state index contributed by atoms with van der Waals surface area (Å²) in [5, 5.41) is 0.412. The van der Waals surface area contributed by atoms with Crippen LogP contribution in [0.15, 0.2) is 42.5 Å². The van der Waals surface area contributed by atoms with E-state index >= 15 is 0 Å². The Morgan fingerprint density at radius 3 is 2.70 bits per heavy atom. The van der Waals surface area contributed by atoms with Crippen molar-refractivity contribution in [1.29, 1.82) is 0 Å². The van der Waals surface area contributed by atoms with Gasteiger partial charge in [0.2, 0.25) is 5.91 Å². The number of carbonyl (C=O) groups excluding carboxylic acids is 1. The predicted molar refractivity (Wildman–Crippen MR) is 106 cm³/mol.